The Morgan fingerprint density at radius 2 is 1.94 bits per heavy atom. The van der Waals surface area contributed by atoms with Gasteiger partial charge in [0.15, 0.2) is 11.4 Å². The monoisotopic (exact) mass is 252 g/mol. The predicted molar refractivity (Wildman–Crippen MR) is 56.8 cm³/mol. The van der Waals surface area contributed by atoms with Crippen molar-refractivity contribution in [2.45, 2.75) is 37.6 Å². The van der Waals surface area contributed by atoms with Crippen molar-refractivity contribution in [2.75, 3.05) is 12.9 Å². The number of aliphatic hydroxyl groups excluding tert-OH is 3. The van der Waals surface area contributed by atoms with Crippen LogP contribution in [0.4, 0.5) is 0 Å². The zero-order chi connectivity index (χ0) is 12.3. The van der Waals surface area contributed by atoms with Gasteiger partial charge in [0, 0.05) is 19.8 Å². The minimum absolute atomic E-state index is 0.106. The molecule has 1 aliphatic heterocycles. The highest BCUT2D eigenvalue weighted by atomic mass is 32.2. The molecule has 0 amide bonds. The van der Waals surface area contributed by atoms with E-state index in [1.807, 2.05) is 0 Å². The highest BCUT2D eigenvalue weighted by molar-refractivity contribution is 8.13. The summed E-state index contributed by atoms with van der Waals surface area (Å²) in [5.41, 5.74) is 0. The first kappa shape index (κ1) is 13.9. The Morgan fingerprint density at radius 3 is 2.44 bits per heavy atom. The zero-order valence-electron chi connectivity index (χ0n) is 9.07. The van der Waals surface area contributed by atoms with Crippen molar-refractivity contribution in [2.24, 2.45) is 0 Å². The number of rotatable bonds is 3. The van der Waals surface area contributed by atoms with Gasteiger partial charge in [-0.05, 0) is 0 Å². The van der Waals surface area contributed by atoms with Crippen molar-refractivity contribution in [3.63, 3.8) is 0 Å². The summed E-state index contributed by atoms with van der Waals surface area (Å²) in [6.07, 6.45) is -5.59. The summed E-state index contributed by atoms with van der Waals surface area (Å²) in [5, 5.41) is 28.5. The van der Waals surface area contributed by atoms with Crippen LogP contribution in [0.25, 0.3) is 0 Å². The van der Waals surface area contributed by atoms with E-state index >= 15 is 0 Å². The molecule has 94 valence electrons. The van der Waals surface area contributed by atoms with Crippen molar-refractivity contribution >= 4 is 16.9 Å². The van der Waals surface area contributed by atoms with Crippen molar-refractivity contribution in [3.8, 4) is 0 Å². The standard InChI is InChI=1S/C9H16O6S/c1-4(10)16-3-5-6(11)7(12)8(13)9(14-2)15-5/h5-9,11-13H,3H2,1-2H3/t5?,6-,7?,8?,9-/m0/s1. The number of hydrogen-bond donors (Lipinski definition) is 3. The molecule has 16 heavy (non-hydrogen) atoms. The van der Waals surface area contributed by atoms with E-state index in [4.69, 9.17) is 9.47 Å². The summed E-state index contributed by atoms with van der Waals surface area (Å²) >= 11 is 0.985. The summed E-state index contributed by atoms with van der Waals surface area (Å²) < 4.78 is 10.0. The molecule has 5 atom stereocenters. The third-order valence-electron chi connectivity index (χ3n) is 2.35. The number of ether oxygens (including phenoxy) is 2. The van der Waals surface area contributed by atoms with Crippen LogP contribution in [0.3, 0.4) is 0 Å². The van der Waals surface area contributed by atoms with E-state index in [9.17, 15) is 20.1 Å². The molecule has 3 N–H and O–H groups in total. The normalized spacial score (nSPS) is 39.7. The van der Waals surface area contributed by atoms with Gasteiger partial charge in [-0.25, -0.2) is 0 Å². The lowest BCUT2D eigenvalue weighted by Gasteiger charge is -2.39. The van der Waals surface area contributed by atoms with Gasteiger partial charge in [-0.15, -0.1) is 0 Å². The molecule has 1 saturated heterocycles. The molecule has 1 aliphatic rings. The van der Waals surface area contributed by atoms with E-state index < -0.39 is 30.7 Å². The minimum Gasteiger partial charge on any atom is -0.388 e. The molecular weight excluding hydrogens is 236 g/mol. The molecule has 0 saturated carbocycles. The van der Waals surface area contributed by atoms with Crippen LogP contribution in [0.1, 0.15) is 6.92 Å². The van der Waals surface area contributed by atoms with E-state index in [0.29, 0.717) is 0 Å². The van der Waals surface area contributed by atoms with E-state index in [-0.39, 0.29) is 10.9 Å². The fourth-order valence-electron chi connectivity index (χ4n) is 1.45. The molecule has 3 unspecified atom stereocenters. The maximum atomic E-state index is 10.8. The van der Waals surface area contributed by atoms with E-state index in [2.05, 4.69) is 0 Å². The average Bonchev–Trinajstić information content (AvgIpc) is 2.25. The van der Waals surface area contributed by atoms with Crippen LogP contribution in [0.5, 0.6) is 0 Å². The number of methoxy groups -OCH3 is 1. The molecule has 1 rings (SSSR count). The molecule has 0 aromatic heterocycles. The van der Waals surface area contributed by atoms with E-state index in [1.54, 1.807) is 0 Å². The molecule has 0 aliphatic carbocycles. The smallest absolute Gasteiger partial charge is 0.186 e. The van der Waals surface area contributed by atoms with Crippen LogP contribution >= 0.6 is 11.8 Å². The Morgan fingerprint density at radius 1 is 1.31 bits per heavy atom. The molecule has 0 spiro atoms. The maximum Gasteiger partial charge on any atom is 0.186 e. The second kappa shape index (κ2) is 5.95. The number of carbonyl (C=O) groups is 1. The van der Waals surface area contributed by atoms with Crippen LogP contribution in [-0.2, 0) is 14.3 Å². The van der Waals surface area contributed by atoms with Crippen LogP contribution < -0.4 is 0 Å². The van der Waals surface area contributed by atoms with Crippen LogP contribution in [0, 0.1) is 0 Å². The summed E-state index contributed by atoms with van der Waals surface area (Å²) in [6, 6.07) is 0. The molecule has 0 radical (unpaired) electrons. The summed E-state index contributed by atoms with van der Waals surface area (Å²) in [6.45, 7) is 1.40. The number of carbonyl (C=O) groups excluding carboxylic acids is 1. The molecule has 0 aromatic rings. The highest BCUT2D eigenvalue weighted by Crippen LogP contribution is 2.24. The highest BCUT2D eigenvalue weighted by Gasteiger charge is 2.43. The quantitative estimate of drug-likeness (QED) is 0.575. The topological polar surface area (TPSA) is 96.2 Å². The van der Waals surface area contributed by atoms with Crippen LogP contribution in [0.2, 0.25) is 0 Å². The van der Waals surface area contributed by atoms with Gasteiger partial charge in [0.2, 0.25) is 0 Å². The van der Waals surface area contributed by atoms with Crippen LogP contribution in [0.15, 0.2) is 0 Å². The lowest BCUT2D eigenvalue weighted by molar-refractivity contribution is -0.284. The first-order valence-electron chi connectivity index (χ1n) is 4.83. The van der Waals surface area contributed by atoms with Crippen molar-refractivity contribution in [1.82, 2.24) is 0 Å². The fraction of sp³-hybridized carbons (Fsp3) is 0.889. The molecule has 6 nitrogen and oxygen atoms in total. The van der Waals surface area contributed by atoms with Gasteiger partial charge >= 0.3 is 0 Å². The van der Waals surface area contributed by atoms with Crippen LogP contribution in [-0.4, -0.2) is 64.0 Å². The predicted octanol–water partition coefficient (Wildman–Crippen LogP) is -1.28. The first-order chi connectivity index (χ1) is 7.47. The average molecular weight is 252 g/mol. The second-order valence-corrected chi connectivity index (χ2v) is 4.75. The lowest BCUT2D eigenvalue weighted by Crippen LogP contribution is -2.58. The van der Waals surface area contributed by atoms with Gasteiger partial charge in [0.25, 0.3) is 0 Å². The van der Waals surface area contributed by atoms with E-state index in [1.165, 1.54) is 14.0 Å². The summed E-state index contributed by atoms with van der Waals surface area (Å²) in [4.78, 5) is 10.8. The van der Waals surface area contributed by atoms with Gasteiger partial charge in [0.1, 0.15) is 18.3 Å². The van der Waals surface area contributed by atoms with Gasteiger partial charge in [0.05, 0.1) is 6.10 Å². The number of hydrogen-bond acceptors (Lipinski definition) is 7. The van der Waals surface area contributed by atoms with Gasteiger partial charge < -0.3 is 24.8 Å². The molecule has 7 heteroatoms. The molecule has 0 aromatic carbocycles. The molecular formula is C9H16O6S. The molecule has 1 fully saturated rings. The third kappa shape index (κ3) is 3.16. The molecule has 0 bridgehead atoms. The minimum atomic E-state index is -1.34. The summed E-state index contributed by atoms with van der Waals surface area (Å²) in [5.74, 6) is 0.208. The number of aliphatic hydroxyl groups is 3. The Hall–Kier alpha value is -0.180. The Labute approximate surface area is 97.5 Å². The maximum absolute atomic E-state index is 10.8. The zero-order valence-corrected chi connectivity index (χ0v) is 9.88. The van der Waals surface area contributed by atoms with E-state index in [0.717, 1.165) is 11.8 Å². The SMILES string of the molecule is CO[C@H]1OC(CSC(C)=O)[C@H](O)C(O)C1O. The Bertz CT molecular complexity index is 246. The Kier molecular flexibility index (Phi) is 5.16. The van der Waals surface area contributed by atoms with Crippen molar-refractivity contribution in [3.05, 3.63) is 0 Å². The summed E-state index contributed by atoms with van der Waals surface area (Å²) in [7, 11) is 1.33. The Balaban J connectivity index is 2.60. The largest absolute Gasteiger partial charge is 0.388 e. The first-order valence-corrected chi connectivity index (χ1v) is 5.81. The van der Waals surface area contributed by atoms with Crippen molar-refractivity contribution < 1.29 is 29.6 Å². The van der Waals surface area contributed by atoms with Gasteiger partial charge in [-0.3, -0.25) is 4.79 Å². The lowest BCUT2D eigenvalue weighted by atomic mass is 10.00. The molecule has 1 heterocycles. The number of thioether (sulfide) groups is 1. The van der Waals surface area contributed by atoms with Crippen molar-refractivity contribution in [1.29, 1.82) is 0 Å². The third-order valence-corrected chi connectivity index (χ3v) is 3.25. The second-order valence-electron chi connectivity index (χ2n) is 3.55. The fourth-order valence-corrected chi connectivity index (χ4v) is 2.12. The van der Waals surface area contributed by atoms with Gasteiger partial charge in [-0.1, -0.05) is 11.8 Å². The van der Waals surface area contributed by atoms with Gasteiger partial charge in [-0.2, -0.15) is 0 Å².